The first-order valence-corrected chi connectivity index (χ1v) is 10.7. The number of thiophene rings is 1. The van der Waals surface area contributed by atoms with Gasteiger partial charge in [0.1, 0.15) is 0 Å². The van der Waals surface area contributed by atoms with Gasteiger partial charge in [-0.1, -0.05) is 13.8 Å². The topological polar surface area (TPSA) is 78.5 Å². The van der Waals surface area contributed by atoms with Crippen molar-refractivity contribution in [1.29, 1.82) is 0 Å². The summed E-state index contributed by atoms with van der Waals surface area (Å²) in [6.07, 6.45) is 0. The lowest BCUT2D eigenvalue weighted by atomic mass is 10.1. The van der Waals surface area contributed by atoms with Gasteiger partial charge in [0.25, 0.3) is 0 Å². The SMILES string of the molecule is CC(C)C(=O)Nc1ccc(S(=O)(=O)NCC(c2ccsc2)N(C)C)cc1. The van der Waals surface area contributed by atoms with E-state index in [0.717, 1.165) is 5.56 Å². The number of carbonyl (C=O) groups excluding carboxylic acids is 1. The fourth-order valence-corrected chi connectivity index (χ4v) is 4.08. The molecule has 0 saturated carbocycles. The van der Waals surface area contributed by atoms with Crippen LogP contribution in [0.1, 0.15) is 25.5 Å². The number of hydrogen-bond donors (Lipinski definition) is 2. The molecule has 0 fully saturated rings. The van der Waals surface area contributed by atoms with Crippen LogP contribution in [-0.2, 0) is 14.8 Å². The van der Waals surface area contributed by atoms with E-state index in [1.807, 2.05) is 35.8 Å². The van der Waals surface area contributed by atoms with Crippen molar-refractivity contribution >= 4 is 33.0 Å². The predicted octanol–water partition coefficient (Wildman–Crippen LogP) is 2.92. The van der Waals surface area contributed by atoms with Gasteiger partial charge in [0.05, 0.1) is 4.90 Å². The molecule has 0 saturated heterocycles. The lowest BCUT2D eigenvalue weighted by Crippen LogP contribution is -2.34. The zero-order chi connectivity index (χ0) is 19.3. The molecule has 26 heavy (non-hydrogen) atoms. The highest BCUT2D eigenvalue weighted by Crippen LogP contribution is 2.21. The summed E-state index contributed by atoms with van der Waals surface area (Å²) in [6, 6.07) is 8.13. The van der Waals surface area contributed by atoms with Crippen LogP contribution in [0.3, 0.4) is 0 Å². The van der Waals surface area contributed by atoms with Crippen molar-refractivity contribution in [1.82, 2.24) is 9.62 Å². The number of rotatable bonds is 8. The standard InChI is InChI=1S/C18H25N3O3S2/c1-13(2)18(22)20-15-5-7-16(8-6-15)26(23,24)19-11-17(21(3)4)14-9-10-25-12-14/h5-10,12-13,17,19H,11H2,1-4H3,(H,20,22). The Balaban J connectivity index is 2.06. The second-order valence-electron chi connectivity index (χ2n) is 6.56. The molecule has 0 aliphatic rings. The molecule has 6 nitrogen and oxygen atoms in total. The molecule has 0 radical (unpaired) electrons. The first kappa shape index (κ1) is 20.6. The summed E-state index contributed by atoms with van der Waals surface area (Å²) in [6.45, 7) is 3.87. The smallest absolute Gasteiger partial charge is 0.240 e. The molecule has 2 N–H and O–H groups in total. The van der Waals surface area contributed by atoms with E-state index in [1.165, 1.54) is 12.1 Å². The average molecular weight is 396 g/mol. The maximum atomic E-state index is 12.6. The summed E-state index contributed by atoms with van der Waals surface area (Å²) in [7, 11) is 0.211. The molecule has 0 spiro atoms. The van der Waals surface area contributed by atoms with Gasteiger partial charge in [-0.05, 0) is 60.8 Å². The van der Waals surface area contributed by atoms with E-state index in [2.05, 4.69) is 10.0 Å². The maximum Gasteiger partial charge on any atom is 0.240 e. The third-order valence-electron chi connectivity index (χ3n) is 3.97. The number of nitrogens with zero attached hydrogens (tertiary/aromatic N) is 1. The van der Waals surface area contributed by atoms with Crippen LogP contribution in [0.25, 0.3) is 0 Å². The Labute approximate surface area is 159 Å². The van der Waals surface area contributed by atoms with Crippen LogP contribution in [0.4, 0.5) is 5.69 Å². The normalized spacial score (nSPS) is 13.2. The van der Waals surface area contributed by atoms with Gasteiger partial charge in [-0.2, -0.15) is 11.3 Å². The van der Waals surface area contributed by atoms with Crippen LogP contribution in [0.5, 0.6) is 0 Å². The third-order valence-corrected chi connectivity index (χ3v) is 6.12. The monoisotopic (exact) mass is 395 g/mol. The van der Waals surface area contributed by atoms with Crippen molar-refractivity contribution < 1.29 is 13.2 Å². The van der Waals surface area contributed by atoms with Crippen LogP contribution in [0.2, 0.25) is 0 Å². The minimum absolute atomic E-state index is 0.0411. The van der Waals surface area contributed by atoms with E-state index in [9.17, 15) is 13.2 Å². The second kappa shape index (κ2) is 8.77. The fraction of sp³-hybridized carbons (Fsp3) is 0.389. The van der Waals surface area contributed by atoms with Crippen molar-refractivity contribution in [3.8, 4) is 0 Å². The molecular formula is C18H25N3O3S2. The van der Waals surface area contributed by atoms with Gasteiger partial charge >= 0.3 is 0 Å². The molecule has 0 aliphatic heterocycles. The zero-order valence-corrected chi connectivity index (χ0v) is 17.0. The number of nitrogens with one attached hydrogen (secondary N) is 2. The molecule has 8 heteroatoms. The van der Waals surface area contributed by atoms with Gasteiger partial charge in [0, 0.05) is 24.2 Å². The van der Waals surface area contributed by atoms with Crippen molar-refractivity contribution in [2.45, 2.75) is 24.8 Å². The molecule has 1 unspecified atom stereocenters. The molecular weight excluding hydrogens is 370 g/mol. The zero-order valence-electron chi connectivity index (χ0n) is 15.4. The Hall–Kier alpha value is -1.74. The highest BCUT2D eigenvalue weighted by atomic mass is 32.2. The van der Waals surface area contributed by atoms with Crippen LogP contribution >= 0.6 is 11.3 Å². The molecule has 1 aromatic carbocycles. The van der Waals surface area contributed by atoms with Crippen molar-refractivity contribution in [2.24, 2.45) is 5.92 Å². The summed E-state index contributed by atoms with van der Waals surface area (Å²) < 4.78 is 27.8. The van der Waals surface area contributed by atoms with Crippen LogP contribution in [0.15, 0.2) is 46.0 Å². The number of carbonyl (C=O) groups is 1. The van der Waals surface area contributed by atoms with E-state index >= 15 is 0 Å². The largest absolute Gasteiger partial charge is 0.326 e. The van der Waals surface area contributed by atoms with E-state index in [0.29, 0.717) is 5.69 Å². The quantitative estimate of drug-likeness (QED) is 0.720. The van der Waals surface area contributed by atoms with Gasteiger partial charge in [-0.25, -0.2) is 13.1 Å². The number of amides is 1. The van der Waals surface area contributed by atoms with Gasteiger partial charge < -0.3 is 10.2 Å². The van der Waals surface area contributed by atoms with Crippen LogP contribution < -0.4 is 10.0 Å². The van der Waals surface area contributed by atoms with E-state index < -0.39 is 10.0 Å². The molecule has 1 heterocycles. The van der Waals surface area contributed by atoms with Crippen molar-refractivity contribution in [2.75, 3.05) is 26.0 Å². The molecule has 2 rings (SSSR count). The van der Waals surface area contributed by atoms with Gasteiger partial charge in [0.2, 0.25) is 15.9 Å². The van der Waals surface area contributed by atoms with E-state index in [4.69, 9.17) is 0 Å². The minimum atomic E-state index is -3.63. The summed E-state index contributed by atoms with van der Waals surface area (Å²) in [5.41, 5.74) is 1.65. The highest BCUT2D eigenvalue weighted by Gasteiger charge is 2.20. The average Bonchev–Trinajstić information content (AvgIpc) is 3.09. The predicted molar refractivity (Wildman–Crippen MR) is 106 cm³/mol. The van der Waals surface area contributed by atoms with Crippen LogP contribution in [0, 0.1) is 5.92 Å². The van der Waals surface area contributed by atoms with Gasteiger partial charge in [-0.3, -0.25) is 4.79 Å². The number of anilines is 1. The number of benzene rings is 1. The maximum absolute atomic E-state index is 12.6. The lowest BCUT2D eigenvalue weighted by molar-refractivity contribution is -0.118. The molecule has 1 amide bonds. The summed E-state index contributed by atoms with van der Waals surface area (Å²) >= 11 is 1.58. The van der Waals surface area contributed by atoms with Gasteiger partial charge in [-0.15, -0.1) is 0 Å². The summed E-state index contributed by atoms with van der Waals surface area (Å²) in [5, 5.41) is 6.74. The van der Waals surface area contributed by atoms with E-state index in [1.54, 1.807) is 37.3 Å². The molecule has 0 bridgehead atoms. The first-order chi connectivity index (χ1) is 12.2. The third kappa shape index (κ3) is 5.38. The number of sulfonamides is 1. The molecule has 1 atom stereocenters. The van der Waals surface area contributed by atoms with E-state index in [-0.39, 0.29) is 29.3 Å². The Morgan fingerprint density at radius 3 is 2.31 bits per heavy atom. The lowest BCUT2D eigenvalue weighted by Gasteiger charge is -2.24. The summed E-state index contributed by atoms with van der Waals surface area (Å²) in [5.74, 6) is -0.247. The van der Waals surface area contributed by atoms with Crippen molar-refractivity contribution in [3.63, 3.8) is 0 Å². The molecule has 0 aliphatic carbocycles. The Kier molecular flexibility index (Phi) is 6.94. The van der Waals surface area contributed by atoms with Crippen LogP contribution in [-0.4, -0.2) is 39.9 Å². The minimum Gasteiger partial charge on any atom is -0.326 e. The number of hydrogen-bond acceptors (Lipinski definition) is 5. The number of likely N-dealkylation sites (N-methyl/N-ethyl adjacent to an activating group) is 1. The Morgan fingerprint density at radius 2 is 1.81 bits per heavy atom. The Morgan fingerprint density at radius 1 is 1.15 bits per heavy atom. The Bertz CT molecular complexity index is 814. The molecule has 142 valence electrons. The van der Waals surface area contributed by atoms with Gasteiger partial charge in [0.15, 0.2) is 0 Å². The highest BCUT2D eigenvalue weighted by molar-refractivity contribution is 7.89. The fourth-order valence-electron chi connectivity index (χ4n) is 2.34. The molecule has 2 aromatic rings. The molecule has 1 aromatic heterocycles. The first-order valence-electron chi connectivity index (χ1n) is 8.30. The summed E-state index contributed by atoms with van der Waals surface area (Å²) in [4.78, 5) is 13.9. The second-order valence-corrected chi connectivity index (χ2v) is 9.10. The van der Waals surface area contributed by atoms with Crippen molar-refractivity contribution in [3.05, 3.63) is 46.7 Å².